The molecule has 0 aliphatic carbocycles. The van der Waals surface area contributed by atoms with Gasteiger partial charge in [0.2, 0.25) is 0 Å². The Kier molecular flexibility index (Phi) is 5.51. The number of carbonyl (C=O) groups is 2. The van der Waals surface area contributed by atoms with Crippen LogP contribution >= 0.6 is 0 Å². The van der Waals surface area contributed by atoms with Crippen molar-refractivity contribution in [3.8, 4) is 0 Å². The minimum Gasteiger partial charge on any atom is -0.478 e. The van der Waals surface area contributed by atoms with Crippen molar-refractivity contribution in [3.05, 3.63) is 35.4 Å². The summed E-state index contributed by atoms with van der Waals surface area (Å²) < 4.78 is 0. The van der Waals surface area contributed by atoms with Crippen molar-refractivity contribution >= 4 is 11.9 Å². The highest BCUT2D eigenvalue weighted by molar-refractivity contribution is 5.97. The number of rotatable bonds is 5. The molecule has 1 amide bonds. The third-order valence-corrected chi connectivity index (χ3v) is 4.05. The molecule has 0 aromatic heterocycles. The lowest BCUT2D eigenvalue weighted by Crippen LogP contribution is -2.47. The fourth-order valence-corrected chi connectivity index (χ4v) is 2.47. The Morgan fingerprint density at radius 3 is 2.45 bits per heavy atom. The second-order valence-corrected chi connectivity index (χ2v) is 5.76. The molecule has 0 bridgehead atoms. The van der Waals surface area contributed by atoms with Crippen molar-refractivity contribution < 1.29 is 14.7 Å². The number of aromatic carboxylic acids is 1. The van der Waals surface area contributed by atoms with Gasteiger partial charge in [0.25, 0.3) is 5.91 Å². The maximum Gasteiger partial charge on any atom is 0.335 e. The van der Waals surface area contributed by atoms with Crippen LogP contribution in [0.25, 0.3) is 0 Å². The minimum atomic E-state index is -1.02. The van der Waals surface area contributed by atoms with Crippen LogP contribution in [0, 0.1) is 0 Å². The monoisotopic (exact) mass is 305 g/mol. The molecule has 1 aromatic rings. The molecule has 1 N–H and O–H groups in total. The predicted octanol–water partition coefficient (Wildman–Crippen LogP) is 0.704. The van der Waals surface area contributed by atoms with Gasteiger partial charge in [0, 0.05) is 51.9 Å². The average molecular weight is 305 g/mol. The van der Waals surface area contributed by atoms with E-state index >= 15 is 0 Å². The summed E-state index contributed by atoms with van der Waals surface area (Å²) >= 11 is 0. The number of carboxylic acids is 1. The number of nitrogens with zero attached hydrogens (tertiary/aromatic N) is 3. The molecule has 6 nitrogen and oxygen atoms in total. The highest BCUT2D eigenvalue weighted by atomic mass is 16.4. The van der Waals surface area contributed by atoms with Gasteiger partial charge in [-0.05, 0) is 25.2 Å². The fourth-order valence-electron chi connectivity index (χ4n) is 2.47. The number of piperazine rings is 1. The predicted molar refractivity (Wildman–Crippen MR) is 84.3 cm³/mol. The first-order valence-electron chi connectivity index (χ1n) is 7.47. The van der Waals surface area contributed by atoms with Gasteiger partial charge in [-0.1, -0.05) is 6.07 Å². The van der Waals surface area contributed by atoms with Crippen molar-refractivity contribution in [3.63, 3.8) is 0 Å². The molecule has 1 aromatic carbocycles. The molecule has 6 heteroatoms. The van der Waals surface area contributed by atoms with Crippen LogP contribution in [-0.2, 0) is 0 Å². The zero-order chi connectivity index (χ0) is 16.1. The summed E-state index contributed by atoms with van der Waals surface area (Å²) in [5.41, 5.74) is 0.555. The highest BCUT2D eigenvalue weighted by Crippen LogP contribution is 2.08. The summed E-state index contributed by atoms with van der Waals surface area (Å²) in [7, 11) is 3.87. The summed E-state index contributed by atoms with van der Waals surface area (Å²) in [6.45, 7) is 5.63. The van der Waals surface area contributed by atoms with Gasteiger partial charge < -0.3 is 14.9 Å². The van der Waals surface area contributed by atoms with Crippen molar-refractivity contribution in [1.29, 1.82) is 0 Å². The molecule has 0 atom stereocenters. The van der Waals surface area contributed by atoms with E-state index in [2.05, 4.69) is 16.8 Å². The van der Waals surface area contributed by atoms with E-state index in [1.54, 1.807) is 24.1 Å². The van der Waals surface area contributed by atoms with Gasteiger partial charge >= 0.3 is 5.97 Å². The van der Waals surface area contributed by atoms with Crippen molar-refractivity contribution in [2.24, 2.45) is 0 Å². The number of hydrogen-bond donors (Lipinski definition) is 1. The third-order valence-electron chi connectivity index (χ3n) is 4.05. The van der Waals surface area contributed by atoms with Crippen LogP contribution in [0.15, 0.2) is 24.3 Å². The maximum atomic E-state index is 12.4. The zero-order valence-electron chi connectivity index (χ0n) is 13.2. The highest BCUT2D eigenvalue weighted by Gasteiger charge is 2.17. The molecular weight excluding hydrogens is 282 g/mol. The van der Waals surface area contributed by atoms with Crippen molar-refractivity contribution in [2.75, 3.05) is 53.4 Å². The first kappa shape index (κ1) is 16.5. The zero-order valence-corrected chi connectivity index (χ0v) is 13.2. The van der Waals surface area contributed by atoms with E-state index in [0.29, 0.717) is 12.1 Å². The standard InChI is InChI=1S/C16H23N3O3/c1-17-6-9-19(10-7-17)11-8-18(2)15(20)13-4-3-5-14(12-13)16(21)22/h3-5,12H,6-11H2,1-2H3,(H,21,22). The molecule has 1 aliphatic rings. The lowest BCUT2D eigenvalue weighted by atomic mass is 10.1. The van der Waals surface area contributed by atoms with Crippen LogP contribution < -0.4 is 0 Å². The SMILES string of the molecule is CN1CCN(CCN(C)C(=O)c2cccc(C(=O)O)c2)CC1. The quantitative estimate of drug-likeness (QED) is 0.868. The van der Waals surface area contributed by atoms with Gasteiger partial charge in [0.1, 0.15) is 0 Å². The molecule has 0 saturated carbocycles. The van der Waals surface area contributed by atoms with E-state index in [4.69, 9.17) is 5.11 Å². The van der Waals surface area contributed by atoms with Gasteiger partial charge in [0.15, 0.2) is 0 Å². The first-order chi connectivity index (χ1) is 10.5. The molecule has 120 valence electrons. The van der Waals surface area contributed by atoms with E-state index in [9.17, 15) is 9.59 Å². The maximum absolute atomic E-state index is 12.4. The molecule has 1 fully saturated rings. The van der Waals surface area contributed by atoms with E-state index in [1.807, 2.05) is 0 Å². The summed E-state index contributed by atoms with van der Waals surface area (Å²) in [5.74, 6) is -1.16. The van der Waals surface area contributed by atoms with E-state index in [1.165, 1.54) is 12.1 Å². The molecule has 0 spiro atoms. The largest absolute Gasteiger partial charge is 0.478 e. The summed E-state index contributed by atoms with van der Waals surface area (Å²) in [4.78, 5) is 29.6. The van der Waals surface area contributed by atoms with Crippen LogP contribution in [0.3, 0.4) is 0 Å². The number of amides is 1. The summed E-state index contributed by atoms with van der Waals surface area (Å²) in [5, 5.41) is 8.99. The Morgan fingerprint density at radius 2 is 1.82 bits per heavy atom. The van der Waals surface area contributed by atoms with Gasteiger partial charge in [-0.15, -0.1) is 0 Å². The molecule has 2 rings (SSSR count). The topological polar surface area (TPSA) is 64.1 Å². The average Bonchev–Trinajstić information content (AvgIpc) is 2.53. The number of carbonyl (C=O) groups excluding carboxylic acids is 1. The second kappa shape index (κ2) is 7.38. The number of likely N-dealkylation sites (N-methyl/N-ethyl adjacent to an activating group) is 2. The van der Waals surface area contributed by atoms with Crippen molar-refractivity contribution in [1.82, 2.24) is 14.7 Å². The third kappa shape index (κ3) is 4.29. The van der Waals surface area contributed by atoms with Gasteiger partial charge in [0.05, 0.1) is 5.56 Å². The minimum absolute atomic E-state index is 0.137. The molecule has 0 radical (unpaired) electrons. The Morgan fingerprint density at radius 1 is 1.18 bits per heavy atom. The Labute approximate surface area is 130 Å². The summed E-state index contributed by atoms with van der Waals surface area (Å²) in [6.07, 6.45) is 0. The Balaban J connectivity index is 1.89. The molecular formula is C16H23N3O3. The Bertz CT molecular complexity index is 539. The summed E-state index contributed by atoms with van der Waals surface area (Å²) in [6, 6.07) is 6.17. The van der Waals surface area contributed by atoms with Crippen LogP contribution in [-0.4, -0.2) is 85.0 Å². The lowest BCUT2D eigenvalue weighted by molar-refractivity contribution is 0.0697. The first-order valence-corrected chi connectivity index (χ1v) is 7.47. The van der Waals surface area contributed by atoms with Crippen LogP contribution in [0.4, 0.5) is 0 Å². The smallest absolute Gasteiger partial charge is 0.335 e. The molecule has 22 heavy (non-hydrogen) atoms. The van der Waals surface area contributed by atoms with E-state index in [-0.39, 0.29) is 11.5 Å². The second-order valence-electron chi connectivity index (χ2n) is 5.76. The van der Waals surface area contributed by atoms with E-state index in [0.717, 1.165) is 32.7 Å². The molecule has 0 unspecified atom stereocenters. The lowest BCUT2D eigenvalue weighted by Gasteiger charge is -2.33. The van der Waals surface area contributed by atoms with Gasteiger partial charge in [-0.2, -0.15) is 0 Å². The molecule has 1 heterocycles. The van der Waals surface area contributed by atoms with Crippen molar-refractivity contribution in [2.45, 2.75) is 0 Å². The van der Waals surface area contributed by atoms with Gasteiger partial charge in [-0.25, -0.2) is 4.79 Å². The fraction of sp³-hybridized carbons (Fsp3) is 0.500. The van der Waals surface area contributed by atoms with Crippen LogP contribution in [0.2, 0.25) is 0 Å². The van der Waals surface area contributed by atoms with E-state index < -0.39 is 5.97 Å². The van der Waals surface area contributed by atoms with Crippen LogP contribution in [0.5, 0.6) is 0 Å². The molecule has 1 saturated heterocycles. The normalized spacial score (nSPS) is 16.5. The number of benzene rings is 1. The molecule has 1 aliphatic heterocycles. The number of carboxylic acid groups (broad SMARTS) is 1. The number of hydrogen-bond acceptors (Lipinski definition) is 4. The van der Waals surface area contributed by atoms with Gasteiger partial charge in [-0.3, -0.25) is 9.69 Å². The Hall–Kier alpha value is -1.92. The van der Waals surface area contributed by atoms with Crippen LogP contribution in [0.1, 0.15) is 20.7 Å².